The standard InChI is InChI=1S/C13H12N2O3/c1-17-13(16)9-5-4-8-15-12(9)18-11-7-3-2-6-10(11)14/h2-8H,14H2,1H3. The van der Waals surface area contributed by atoms with E-state index in [2.05, 4.69) is 9.72 Å². The lowest BCUT2D eigenvalue weighted by Gasteiger charge is -2.09. The van der Waals surface area contributed by atoms with E-state index in [0.717, 1.165) is 0 Å². The highest BCUT2D eigenvalue weighted by Crippen LogP contribution is 2.27. The highest BCUT2D eigenvalue weighted by atomic mass is 16.5. The van der Waals surface area contributed by atoms with Crippen LogP contribution < -0.4 is 10.5 Å². The molecular formula is C13H12N2O3. The Kier molecular flexibility index (Phi) is 3.43. The van der Waals surface area contributed by atoms with Crippen LogP contribution in [0.15, 0.2) is 42.6 Å². The summed E-state index contributed by atoms with van der Waals surface area (Å²) < 4.78 is 10.2. The van der Waals surface area contributed by atoms with Gasteiger partial charge < -0.3 is 15.2 Å². The first-order chi connectivity index (χ1) is 8.72. The molecule has 0 spiro atoms. The zero-order valence-corrected chi connectivity index (χ0v) is 9.79. The molecule has 0 amide bonds. The smallest absolute Gasteiger partial charge is 0.343 e. The number of para-hydroxylation sites is 2. The monoisotopic (exact) mass is 244 g/mol. The van der Waals surface area contributed by atoms with Gasteiger partial charge in [-0.05, 0) is 24.3 Å². The minimum atomic E-state index is -0.507. The molecule has 92 valence electrons. The van der Waals surface area contributed by atoms with E-state index in [4.69, 9.17) is 10.5 Å². The Balaban J connectivity index is 2.35. The molecule has 1 aromatic carbocycles. The molecule has 1 aromatic heterocycles. The van der Waals surface area contributed by atoms with Crippen LogP contribution in [0.2, 0.25) is 0 Å². The average molecular weight is 244 g/mol. The van der Waals surface area contributed by atoms with Crippen molar-refractivity contribution in [2.75, 3.05) is 12.8 Å². The molecule has 0 aliphatic carbocycles. The third kappa shape index (κ3) is 2.40. The fourth-order valence-electron chi connectivity index (χ4n) is 1.42. The first-order valence-corrected chi connectivity index (χ1v) is 5.28. The molecule has 0 atom stereocenters. The molecule has 2 N–H and O–H groups in total. The Labute approximate surface area is 104 Å². The summed E-state index contributed by atoms with van der Waals surface area (Å²) in [6.45, 7) is 0. The molecule has 0 radical (unpaired) electrons. The van der Waals surface area contributed by atoms with Gasteiger partial charge in [0.2, 0.25) is 5.88 Å². The van der Waals surface area contributed by atoms with Gasteiger partial charge in [-0.25, -0.2) is 9.78 Å². The molecule has 5 nitrogen and oxygen atoms in total. The first-order valence-electron chi connectivity index (χ1n) is 5.28. The van der Waals surface area contributed by atoms with E-state index in [0.29, 0.717) is 11.4 Å². The third-order valence-corrected chi connectivity index (χ3v) is 2.30. The fourth-order valence-corrected chi connectivity index (χ4v) is 1.42. The van der Waals surface area contributed by atoms with Gasteiger partial charge in [-0.15, -0.1) is 0 Å². The van der Waals surface area contributed by atoms with Gasteiger partial charge >= 0.3 is 5.97 Å². The number of hydrogen-bond donors (Lipinski definition) is 1. The van der Waals surface area contributed by atoms with Crippen LogP contribution in [0.1, 0.15) is 10.4 Å². The van der Waals surface area contributed by atoms with E-state index in [9.17, 15) is 4.79 Å². The fraction of sp³-hybridized carbons (Fsp3) is 0.0769. The minimum Gasteiger partial charge on any atom is -0.465 e. The number of nitrogen functional groups attached to an aromatic ring is 1. The number of ether oxygens (including phenoxy) is 2. The van der Waals surface area contributed by atoms with Gasteiger partial charge in [0.15, 0.2) is 5.75 Å². The van der Waals surface area contributed by atoms with Gasteiger partial charge in [-0.1, -0.05) is 12.1 Å². The highest BCUT2D eigenvalue weighted by Gasteiger charge is 2.15. The molecule has 2 rings (SSSR count). The third-order valence-electron chi connectivity index (χ3n) is 2.30. The molecule has 5 heteroatoms. The predicted molar refractivity (Wildman–Crippen MR) is 66.5 cm³/mol. The summed E-state index contributed by atoms with van der Waals surface area (Å²) in [6, 6.07) is 10.2. The normalized spacial score (nSPS) is 9.83. The van der Waals surface area contributed by atoms with E-state index in [1.54, 1.807) is 36.4 Å². The molecule has 1 heterocycles. The molecule has 0 aliphatic rings. The van der Waals surface area contributed by atoms with Crippen molar-refractivity contribution in [3.63, 3.8) is 0 Å². The van der Waals surface area contributed by atoms with E-state index in [1.807, 2.05) is 0 Å². The number of esters is 1. The number of nitrogens with zero attached hydrogens (tertiary/aromatic N) is 1. The van der Waals surface area contributed by atoms with Crippen LogP contribution in [0.4, 0.5) is 5.69 Å². The number of pyridine rings is 1. The quantitative estimate of drug-likeness (QED) is 0.662. The zero-order valence-electron chi connectivity index (χ0n) is 9.79. The molecule has 0 saturated heterocycles. The molecule has 0 bridgehead atoms. The van der Waals surface area contributed by atoms with Gasteiger partial charge in [-0.3, -0.25) is 0 Å². The van der Waals surface area contributed by atoms with Crippen LogP contribution in [0.25, 0.3) is 0 Å². The summed E-state index contributed by atoms with van der Waals surface area (Å²) in [4.78, 5) is 15.5. The molecule has 0 fully saturated rings. The van der Waals surface area contributed by atoms with Gasteiger partial charge in [0.25, 0.3) is 0 Å². The number of benzene rings is 1. The molecule has 2 aromatic rings. The van der Waals surface area contributed by atoms with Gasteiger partial charge in [0.05, 0.1) is 12.8 Å². The Hall–Kier alpha value is -2.56. The van der Waals surface area contributed by atoms with E-state index in [-0.39, 0.29) is 11.4 Å². The Morgan fingerprint density at radius 1 is 1.22 bits per heavy atom. The van der Waals surface area contributed by atoms with Crippen molar-refractivity contribution >= 4 is 11.7 Å². The summed E-state index contributed by atoms with van der Waals surface area (Å²) in [7, 11) is 1.30. The Bertz CT molecular complexity index is 570. The molecule has 18 heavy (non-hydrogen) atoms. The first kappa shape index (κ1) is 11.9. The molecule has 0 aliphatic heterocycles. The van der Waals surface area contributed by atoms with Crippen molar-refractivity contribution in [2.45, 2.75) is 0 Å². The van der Waals surface area contributed by atoms with E-state index >= 15 is 0 Å². The zero-order chi connectivity index (χ0) is 13.0. The van der Waals surface area contributed by atoms with Crippen molar-refractivity contribution in [1.29, 1.82) is 0 Å². The van der Waals surface area contributed by atoms with E-state index < -0.39 is 5.97 Å². The van der Waals surface area contributed by atoms with Crippen LogP contribution in [-0.2, 0) is 4.74 Å². The van der Waals surface area contributed by atoms with Crippen molar-refractivity contribution in [1.82, 2.24) is 4.98 Å². The maximum Gasteiger partial charge on any atom is 0.343 e. The van der Waals surface area contributed by atoms with Crippen LogP contribution >= 0.6 is 0 Å². The SMILES string of the molecule is COC(=O)c1cccnc1Oc1ccccc1N. The second-order valence-electron chi connectivity index (χ2n) is 3.49. The second-order valence-corrected chi connectivity index (χ2v) is 3.49. The average Bonchev–Trinajstić information content (AvgIpc) is 2.41. The number of carbonyl (C=O) groups excluding carboxylic acids is 1. The number of anilines is 1. The number of aromatic nitrogens is 1. The summed E-state index contributed by atoms with van der Waals surface area (Å²) in [5, 5.41) is 0. The number of nitrogens with two attached hydrogens (primary N) is 1. The topological polar surface area (TPSA) is 74.4 Å². The summed E-state index contributed by atoms with van der Waals surface area (Å²) >= 11 is 0. The van der Waals surface area contributed by atoms with Gasteiger partial charge in [0.1, 0.15) is 5.56 Å². The Morgan fingerprint density at radius 2 is 2.00 bits per heavy atom. The van der Waals surface area contributed by atoms with Crippen LogP contribution in [0.5, 0.6) is 11.6 Å². The lowest BCUT2D eigenvalue weighted by molar-refractivity contribution is 0.0597. The number of carbonyl (C=O) groups is 1. The number of rotatable bonds is 3. The highest BCUT2D eigenvalue weighted by molar-refractivity contribution is 5.91. The van der Waals surface area contributed by atoms with Crippen molar-refractivity contribution in [3.05, 3.63) is 48.2 Å². The van der Waals surface area contributed by atoms with Crippen molar-refractivity contribution in [2.24, 2.45) is 0 Å². The molecular weight excluding hydrogens is 232 g/mol. The Morgan fingerprint density at radius 3 is 2.72 bits per heavy atom. The number of hydrogen-bond acceptors (Lipinski definition) is 5. The number of methoxy groups -OCH3 is 1. The maximum atomic E-state index is 11.5. The van der Waals surface area contributed by atoms with E-state index in [1.165, 1.54) is 13.3 Å². The predicted octanol–water partition coefficient (Wildman–Crippen LogP) is 2.24. The van der Waals surface area contributed by atoms with Crippen molar-refractivity contribution in [3.8, 4) is 11.6 Å². The summed E-state index contributed by atoms with van der Waals surface area (Å²) in [6.07, 6.45) is 1.53. The summed E-state index contributed by atoms with van der Waals surface area (Å²) in [5.41, 5.74) is 6.48. The van der Waals surface area contributed by atoms with Crippen LogP contribution in [0, 0.1) is 0 Å². The van der Waals surface area contributed by atoms with Gasteiger partial charge in [-0.2, -0.15) is 0 Å². The minimum absolute atomic E-state index is 0.169. The van der Waals surface area contributed by atoms with Crippen molar-refractivity contribution < 1.29 is 14.3 Å². The largest absolute Gasteiger partial charge is 0.465 e. The lowest BCUT2D eigenvalue weighted by atomic mass is 10.2. The molecule has 0 unspecified atom stereocenters. The lowest BCUT2D eigenvalue weighted by Crippen LogP contribution is -2.05. The van der Waals surface area contributed by atoms with Gasteiger partial charge in [0, 0.05) is 6.20 Å². The van der Waals surface area contributed by atoms with Crippen LogP contribution in [-0.4, -0.2) is 18.1 Å². The van der Waals surface area contributed by atoms with Crippen LogP contribution in [0.3, 0.4) is 0 Å². The molecule has 0 saturated carbocycles. The summed E-state index contributed by atoms with van der Waals surface area (Å²) in [5.74, 6) is 0.108. The maximum absolute atomic E-state index is 11.5. The second kappa shape index (κ2) is 5.18.